The van der Waals surface area contributed by atoms with Gasteiger partial charge in [-0.1, -0.05) is 19.9 Å². The van der Waals surface area contributed by atoms with Gasteiger partial charge >= 0.3 is 0 Å². The summed E-state index contributed by atoms with van der Waals surface area (Å²) in [5.74, 6) is 1.84. The van der Waals surface area contributed by atoms with Crippen molar-refractivity contribution in [2.24, 2.45) is 0 Å². The summed E-state index contributed by atoms with van der Waals surface area (Å²) in [5, 5.41) is 12.2. The number of aryl methyl sites for hydroxylation is 1. The lowest BCUT2D eigenvalue weighted by molar-refractivity contribution is -0.119. The second kappa shape index (κ2) is 9.89. The Labute approximate surface area is 163 Å². The van der Waals surface area contributed by atoms with Crippen LogP contribution in [0.25, 0.3) is 10.6 Å². The monoisotopic (exact) mass is 384 g/mol. The Morgan fingerprint density at radius 3 is 2.56 bits per heavy atom. The largest absolute Gasteiger partial charge is 0.389 e. The molecule has 0 aliphatic heterocycles. The molecule has 0 radical (unpaired) electrons. The third-order valence-electron chi connectivity index (χ3n) is 3.41. The standard InChI is InChI=1S/C17H18N4S.C3H6O2/c1-11(2)17-19-10-14(22-17)13-5-4-6-15(20-13)21-16-9-12(3)7-8-18-16;1-3(5)2-4/h4-11H,1-3H3,(H,18,20,21);4H,2H2,1H3. The number of carbonyl (C=O) groups is 1. The molecule has 0 spiro atoms. The predicted molar refractivity (Wildman–Crippen MR) is 109 cm³/mol. The van der Waals surface area contributed by atoms with Gasteiger partial charge in [0.05, 0.1) is 15.6 Å². The second-order valence-electron chi connectivity index (χ2n) is 6.33. The van der Waals surface area contributed by atoms with Crippen LogP contribution in [-0.4, -0.2) is 32.4 Å². The van der Waals surface area contributed by atoms with E-state index in [0.29, 0.717) is 5.92 Å². The number of hydrogen-bond acceptors (Lipinski definition) is 7. The summed E-state index contributed by atoms with van der Waals surface area (Å²) in [7, 11) is 0. The van der Waals surface area contributed by atoms with Gasteiger partial charge in [-0.3, -0.25) is 4.79 Å². The van der Waals surface area contributed by atoms with Crippen molar-refractivity contribution in [3.05, 3.63) is 53.3 Å². The number of thiazole rings is 1. The lowest BCUT2D eigenvalue weighted by Crippen LogP contribution is -1.96. The zero-order valence-corrected chi connectivity index (χ0v) is 16.7. The number of aliphatic hydroxyl groups is 1. The van der Waals surface area contributed by atoms with Crippen molar-refractivity contribution in [3.8, 4) is 10.6 Å². The third kappa shape index (κ3) is 6.54. The summed E-state index contributed by atoms with van der Waals surface area (Å²) in [6.07, 6.45) is 3.69. The number of aliphatic hydroxyl groups excluding tert-OH is 1. The van der Waals surface area contributed by atoms with E-state index < -0.39 is 0 Å². The van der Waals surface area contributed by atoms with Gasteiger partial charge in [0.25, 0.3) is 0 Å². The fraction of sp³-hybridized carbons (Fsp3) is 0.300. The van der Waals surface area contributed by atoms with Crippen LogP contribution in [0.2, 0.25) is 0 Å². The maximum absolute atomic E-state index is 9.56. The highest BCUT2D eigenvalue weighted by Gasteiger charge is 2.09. The molecule has 3 rings (SSSR count). The van der Waals surface area contributed by atoms with Crippen LogP contribution in [0.1, 0.15) is 37.3 Å². The van der Waals surface area contributed by atoms with Gasteiger partial charge < -0.3 is 10.4 Å². The summed E-state index contributed by atoms with van der Waals surface area (Å²) < 4.78 is 0. The van der Waals surface area contributed by atoms with E-state index in [1.807, 2.05) is 43.5 Å². The minimum atomic E-state index is -0.333. The van der Waals surface area contributed by atoms with Gasteiger partial charge in [-0.15, -0.1) is 11.3 Å². The third-order valence-corrected chi connectivity index (χ3v) is 4.73. The molecule has 6 nitrogen and oxygen atoms in total. The SMILES string of the molecule is CC(=O)CO.Cc1ccnc(Nc2cccc(-c3cnc(C(C)C)s3)n2)c1. The zero-order valence-electron chi connectivity index (χ0n) is 15.9. The van der Waals surface area contributed by atoms with E-state index in [-0.39, 0.29) is 12.4 Å². The number of pyridine rings is 2. The predicted octanol–water partition coefficient (Wildman–Crippen LogP) is 4.34. The molecule has 27 heavy (non-hydrogen) atoms. The Hall–Kier alpha value is -2.64. The molecule has 0 unspecified atom stereocenters. The number of nitrogens with one attached hydrogen (secondary N) is 1. The molecule has 0 fully saturated rings. The summed E-state index contributed by atoms with van der Waals surface area (Å²) in [6.45, 7) is 7.34. The molecule has 3 aromatic heterocycles. The number of anilines is 2. The first-order valence-electron chi connectivity index (χ1n) is 8.62. The fourth-order valence-corrected chi connectivity index (χ4v) is 2.94. The Balaban J connectivity index is 0.000000465. The average molecular weight is 385 g/mol. The molecule has 3 aromatic rings. The van der Waals surface area contributed by atoms with E-state index in [0.717, 1.165) is 32.8 Å². The molecular formula is C20H24N4O2S. The zero-order chi connectivity index (χ0) is 19.8. The Morgan fingerprint density at radius 1 is 1.22 bits per heavy atom. The smallest absolute Gasteiger partial charge is 0.155 e. The Bertz CT molecular complexity index is 893. The van der Waals surface area contributed by atoms with Gasteiger partial charge in [-0.25, -0.2) is 15.0 Å². The quantitative estimate of drug-likeness (QED) is 0.680. The van der Waals surface area contributed by atoms with Crippen LogP contribution in [-0.2, 0) is 4.79 Å². The molecule has 142 valence electrons. The highest BCUT2D eigenvalue weighted by molar-refractivity contribution is 7.15. The van der Waals surface area contributed by atoms with Crippen LogP contribution < -0.4 is 5.32 Å². The van der Waals surface area contributed by atoms with E-state index >= 15 is 0 Å². The van der Waals surface area contributed by atoms with E-state index in [1.54, 1.807) is 17.5 Å². The number of carbonyl (C=O) groups excluding carboxylic acids is 1. The van der Waals surface area contributed by atoms with Crippen molar-refractivity contribution >= 4 is 28.8 Å². The molecule has 7 heteroatoms. The van der Waals surface area contributed by atoms with Crippen LogP contribution in [0.15, 0.2) is 42.7 Å². The lowest BCUT2D eigenvalue weighted by atomic mass is 10.2. The van der Waals surface area contributed by atoms with Crippen molar-refractivity contribution in [1.82, 2.24) is 15.0 Å². The summed E-state index contributed by atoms with van der Waals surface area (Å²) in [4.78, 5) is 24.1. The normalized spacial score (nSPS) is 10.3. The first-order chi connectivity index (χ1) is 12.9. The van der Waals surface area contributed by atoms with Crippen molar-refractivity contribution < 1.29 is 9.90 Å². The van der Waals surface area contributed by atoms with E-state index in [9.17, 15) is 4.79 Å². The minimum Gasteiger partial charge on any atom is -0.389 e. The Kier molecular flexibility index (Phi) is 7.57. The summed E-state index contributed by atoms with van der Waals surface area (Å²) in [5.41, 5.74) is 2.10. The summed E-state index contributed by atoms with van der Waals surface area (Å²) >= 11 is 1.69. The van der Waals surface area contributed by atoms with Crippen LogP contribution in [0.4, 0.5) is 11.6 Å². The number of rotatable bonds is 5. The molecule has 0 aliphatic carbocycles. The number of nitrogens with zero attached hydrogens (tertiary/aromatic N) is 3. The van der Waals surface area contributed by atoms with Crippen LogP contribution in [0, 0.1) is 6.92 Å². The summed E-state index contributed by atoms with van der Waals surface area (Å²) in [6, 6.07) is 9.91. The molecule has 0 aromatic carbocycles. The number of ketones is 1. The Morgan fingerprint density at radius 2 is 1.96 bits per heavy atom. The van der Waals surface area contributed by atoms with Gasteiger partial charge in [0.1, 0.15) is 18.2 Å². The number of Topliss-reactive ketones (excluding diaryl/α,β-unsaturated/α-hetero) is 1. The molecule has 2 N–H and O–H groups in total. The number of hydrogen-bond donors (Lipinski definition) is 2. The molecule has 0 saturated carbocycles. The van der Waals surface area contributed by atoms with Crippen LogP contribution >= 0.6 is 11.3 Å². The van der Waals surface area contributed by atoms with Gasteiger partial charge in [0.15, 0.2) is 5.78 Å². The maximum Gasteiger partial charge on any atom is 0.155 e. The first-order valence-corrected chi connectivity index (χ1v) is 9.43. The maximum atomic E-state index is 9.56. The highest BCUT2D eigenvalue weighted by atomic mass is 32.1. The van der Waals surface area contributed by atoms with Crippen LogP contribution in [0.5, 0.6) is 0 Å². The van der Waals surface area contributed by atoms with Crippen molar-refractivity contribution in [3.63, 3.8) is 0 Å². The van der Waals surface area contributed by atoms with Crippen LogP contribution in [0.3, 0.4) is 0 Å². The molecule has 3 heterocycles. The van der Waals surface area contributed by atoms with Gasteiger partial charge in [-0.05, 0) is 43.7 Å². The molecule has 0 amide bonds. The van der Waals surface area contributed by atoms with E-state index in [1.165, 1.54) is 6.92 Å². The fourth-order valence-electron chi connectivity index (χ4n) is 2.05. The molecule has 0 aliphatic rings. The van der Waals surface area contributed by atoms with Gasteiger partial charge in [0.2, 0.25) is 0 Å². The lowest BCUT2D eigenvalue weighted by Gasteiger charge is -2.06. The number of aromatic nitrogens is 3. The first kappa shape index (κ1) is 20.7. The second-order valence-corrected chi connectivity index (χ2v) is 7.39. The molecule has 0 atom stereocenters. The van der Waals surface area contributed by atoms with E-state index in [4.69, 9.17) is 5.11 Å². The van der Waals surface area contributed by atoms with Gasteiger partial charge in [0, 0.05) is 18.3 Å². The average Bonchev–Trinajstić information content (AvgIpc) is 3.13. The van der Waals surface area contributed by atoms with Crippen molar-refractivity contribution in [2.45, 2.75) is 33.6 Å². The van der Waals surface area contributed by atoms with Gasteiger partial charge in [-0.2, -0.15) is 0 Å². The topological polar surface area (TPSA) is 88.0 Å². The molecular weight excluding hydrogens is 360 g/mol. The van der Waals surface area contributed by atoms with E-state index in [2.05, 4.69) is 34.1 Å². The van der Waals surface area contributed by atoms with Crippen molar-refractivity contribution in [2.75, 3.05) is 11.9 Å². The minimum absolute atomic E-state index is 0.190. The van der Waals surface area contributed by atoms with Crippen molar-refractivity contribution in [1.29, 1.82) is 0 Å². The molecule has 0 bridgehead atoms. The highest BCUT2D eigenvalue weighted by Crippen LogP contribution is 2.29. The molecule has 0 saturated heterocycles.